The molecule has 0 aromatic rings. The Labute approximate surface area is 101 Å². The van der Waals surface area contributed by atoms with Crippen LogP contribution < -0.4 is 10.6 Å². The number of thiocarbonyl (C=S) groups is 2. The van der Waals surface area contributed by atoms with E-state index in [2.05, 4.69) is 20.4 Å². The fourth-order valence-electron chi connectivity index (χ4n) is 1.90. The fraction of sp³-hybridized carbons (Fsp3) is 0.778. The SMILES string of the molecule is S=C1NCCN1CCCN1CCNC1=S. The summed E-state index contributed by atoms with van der Waals surface area (Å²) in [7, 11) is 0. The summed E-state index contributed by atoms with van der Waals surface area (Å²) in [5.74, 6) is 0. The minimum absolute atomic E-state index is 0.900. The van der Waals surface area contributed by atoms with Gasteiger partial charge in [0.15, 0.2) is 10.2 Å². The molecule has 0 spiro atoms. The third kappa shape index (κ3) is 2.69. The van der Waals surface area contributed by atoms with Crippen molar-refractivity contribution in [3.8, 4) is 0 Å². The third-order valence-electron chi connectivity index (χ3n) is 2.75. The first-order chi connectivity index (χ1) is 7.27. The van der Waals surface area contributed by atoms with E-state index < -0.39 is 0 Å². The maximum Gasteiger partial charge on any atom is 0.169 e. The monoisotopic (exact) mass is 244 g/mol. The van der Waals surface area contributed by atoms with E-state index in [0.717, 1.165) is 55.9 Å². The Bertz CT molecular complexity index is 243. The molecule has 0 atom stereocenters. The molecule has 0 saturated carbocycles. The van der Waals surface area contributed by atoms with E-state index >= 15 is 0 Å². The van der Waals surface area contributed by atoms with E-state index in [0.29, 0.717) is 0 Å². The Morgan fingerprint density at radius 2 is 1.40 bits per heavy atom. The lowest BCUT2D eigenvalue weighted by molar-refractivity contribution is 0.395. The lowest BCUT2D eigenvalue weighted by Crippen LogP contribution is -2.33. The van der Waals surface area contributed by atoms with Gasteiger partial charge in [-0.05, 0) is 30.9 Å². The summed E-state index contributed by atoms with van der Waals surface area (Å²) in [5.41, 5.74) is 0. The van der Waals surface area contributed by atoms with Crippen LogP contribution in [-0.4, -0.2) is 59.3 Å². The molecular weight excluding hydrogens is 228 g/mol. The highest BCUT2D eigenvalue weighted by Crippen LogP contribution is 2.02. The maximum atomic E-state index is 5.17. The third-order valence-corrected chi connectivity index (χ3v) is 3.55. The zero-order valence-electron chi connectivity index (χ0n) is 8.66. The van der Waals surface area contributed by atoms with Gasteiger partial charge in [-0.25, -0.2) is 0 Å². The minimum Gasteiger partial charge on any atom is -0.361 e. The van der Waals surface area contributed by atoms with Crippen molar-refractivity contribution in [1.29, 1.82) is 0 Å². The molecule has 0 aromatic heterocycles. The number of hydrogen-bond donors (Lipinski definition) is 2. The van der Waals surface area contributed by atoms with Gasteiger partial charge in [0.1, 0.15) is 0 Å². The van der Waals surface area contributed by atoms with Gasteiger partial charge in [-0.2, -0.15) is 0 Å². The Morgan fingerprint density at radius 3 is 1.73 bits per heavy atom. The highest BCUT2D eigenvalue weighted by Gasteiger charge is 2.18. The van der Waals surface area contributed by atoms with E-state index in [1.807, 2.05) is 0 Å². The van der Waals surface area contributed by atoms with Crippen LogP contribution >= 0.6 is 24.4 Å². The molecule has 2 rings (SSSR count). The first-order valence-corrected chi connectivity index (χ1v) is 6.14. The van der Waals surface area contributed by atoms with Gasteiger partial charge in [0.05, 0.1) is 0 Å². The zero-order chi connectivity index (χ0) is 10.7. The summed E-state index contributed by atoms with van der Waals surface area (Å²) in [5, 5.41) is 8.13. The standard InChI is InChI=1S/C9H16N4S2/c14-8-10-2-6-12(8)4-1-5-13-7-3-11-9(13)15/h1-7H2,(H,10,14)(H,11,15). The van der Waals surface area contributed by atoms with Crippen molar-refractivity contribution in [2.45, 2.75) is 6.42 Å². The topological polar surface area (TPSA) is 30.5 Å². The van der Waals surface area contributed by atoms with Crippen molar-refractivity contribution in [3.05, 3.63) is 0 Å². The molecule has 84 valence electrons. The van der Waals surface area contributed by atoms with Crippen LogP contribution in [0.3, 0.4) is 0 Å². The molecule has 0 bridgehead atoms. The highest BCUT2D eigenvalue weighted by molar-refractivity contribution is 7.80. The second-order valence-electron chi connectivity index (χ2n) is 3.79. The van der Waals surface area contributed by atoms with Crippen LogP contribution in [0.2, 0.25) is 0 Å². The Balaban J connectivity index is 1.66. The van der Waals surface area contributed by atoms with Crippen LogP contribution in [0.5, 0.6) is 0 Å². The van der Waals surface area contributed by atoms with Gasteiger partial charge < -0.3 is 20.4 Å². The average Bonchev–Trinajstić information content (AvgIpc) is 2.78. The maximum absolute atomic E-state index is 5.17. The van der Waals surface area contributed by atoms with Crippen molar-refractivity contribution < 1.29 is 0 Å². The molecule has 15 heavy (non-hydrogen) atoms. The van der Waals surface area contributed by atoms with Crippen molar-refractivity contribution >= 4 is 34.7 Å². The Hall–Kier alpha value is -0.620. The van der Waals surface area contributed by atoms with Gasteiger partial charge in [0.2, 0.25) is 0 Å². The van der Waals surface area contributed by atoms with Crippen LogP contribution in [0.1, 0.15) is 6.42 Å². The normalized spacial score (nSPS) is 20.8. The molecule has 2 aliphatic heterocycles. The van der Waals surface area contributed by atoms with Crippen molar-refractivity contribution in [1.82, 2.24) is 20.4 Å². The second kappa shape index (κ2) is 4.94. The quantitative estimate of drug-likeness (QED) is 0.664. The lowest BCUT2D eigenvalue weighted by Gasteiger charge is -2.20. The predicted molar refractivity (Wildman–Crippen MR) is 69.0 cm³/mol. The molecule has 2 saturated heterocycles. The first-order valence-electron chi connectivity index (χ1n) is 5.33. The average molecular weight is 244 g/mol. The van der Waals surface area contributed by atoms with Crippen molar-refractivity contribution in [2.24, 2.45) is 0 Å². The lowest BCUT2D eigenvalue weighted by atomic mass is 10.3. The van der Waals surface area contributed by atoms with E-state index in [4.69, 9.17) is 24.4 Å². The van der Waals surface area contributed by atoms with Crippen LogP contribution in [0.4, 0.5) is 0 Å². The highest BCUT2D eigenvalue weighted by atomic mass is 32.1. The molecule has 6 heteroatoms. The molecule has 2 heterocycles. The van der Waals surface area contributed by atoms with Crippen molar-refractivity contribution in [2.75, 3.05) is 39.3 Å². The molecule has 0 aromatic carbocycles. The number of nitrogens with one attached hydrogen (secondary N) is 2. The first kappa shape index (κ1) is 10.9. The van der Waals surface area contributed by atoms with Gasteiger partial charge in [0, 0.05) is 39.3 Å². The summed E-state index contributed by atoms with van der Waals surface area (Å²) in [6.45, 7) is 6.13. The smallest absolute Gasteiger partial charge is 0.169 e. The number of rotatable bonds is 4. The summed E-state index contributed by atoms with van der Waals surface area (Å²) >= 11 is 10.3. The summed E-state index contributed by atoms with van der Waals surface area (Å²) in [6, 6.07) is 0. The summed E-state index contributed by atoms with van der Waals surface area (Å²) in [6.07, 6.45) is 1.11. The van der Waals surface area contributed by atoms with Crippen molar-refractivity contribution in [3.63, 3.8) is 0 Å². The van der Waals surface area contributed by atoms with Gasteiger partial charge in [0.25, 0.3) is 0 Å². The fourth-order valence-corrected chi connectivity index (χ4v) is 2.47. The molecule has 4 nitrogen and oxygen atoms in total. The molecule has 2 fully saturated rings. The van der Waals surface area contributed by atoms with Gasteiger partial charge in [-0.15, -0.1) is 0 Å². The zero-order valence-corrected chi connectivity index (χ0v) is 10.3. The molecule has 0 amide bonds. The predicted octanol–water partition coefficient (Wildman–Crippen LogP) is -0.243. The van der Waals surface area contributed by atoms with E-state index in [1.54, 1.807) is 0 Å². The summed E-state index contributed by atoms with van der Waals surface area (Å²) < 4.78 is 0. The molecule has 0 unspecified atom stereocenters. The van der Waals surface area contributed by atoms with E-state index in [1.165, 1.54) is 0 Å². The minimum atomic E-state index is 0.900. The summed E-state index contributed by atoms with van der Waals surface area (Å²) in [4.78, 5) is 4.45. The Morgan fingerprint density at radius 1 is 0.933 bits per heavy atom. The van der Waals surface area contributed by atoms with Gasteiger partial charge >= 0.3 is 0 Å². The molecule has 0 aliphatic carbocycles. The number of hydrogen-bond acceptors (Lipinski definition) is 2. The van der Waals surface area contributed by atoms with E-state index in [-0.39, 0.29) is 0 Å². The van der Waals surface area contributed by atoms with E-state index in [9.17, 15) is 0 Å². The van der Waals surface area contributed by atoms with Gasteiger partial charge in [-0.1, -0.05) is 0 Å². The molecule has 2 N–H and O–H groups in total. The van der Waals surface area contributed by atoms with Crippen LogP contribution in [0, 0.1) is 0 Å². The largest absolute Gasteiger partial charge is 0.361 e. The molecule has 2 aliphatic rings. The second-order valence-corrected chi connectivity index (χ2v) is 4.56. The van der Waals surface area contributed by atoms with Crippen LogP contribution in [-0.2, 0) is 0 Å². The molecule has 0 radical (unpaired) electrons. The number of nitrogens with zero attached hydrogens (tertiary/aromatic N) is 2. The molecular formula is C9H16N4S2. The van der Waals surface area contributed by atoms with Crippen LogP contribution in [0.25, 0.3) is 0 Å². The van der Waals surface area contributed by atoms with Crippen LogP contribution in [0.15, 0.2) is 0 Å². The Kier molecular flexibility index (Phi) is 3.58. The van der Waals surface area contributed by atoms with Gasteiger partial charge in [-0.3, -0.25) is 0 Å².